The summed E-state index contributed by atoms with van der Waals surface area (Å²) in [6, 6.07) is 2.02. The minimum Gasteiger partial charge on any atom is -0.310 e. The second-order valence-electron chi connectivity index (χ2n) is 3.81. The van der Waals surface area contributed by atoms with E-state index in [2.05, 4.69) is 16.5 Å². The molecule has 0 saturated carbocycles. The van der Waals surface area contributed by atoms with Crippen LogP contribution >= 0.6 is 0 Å². The van der Waals surface area contributed by atoms with E-state index in [0.717, 1.165) is 18.2 Å². The Morgan fingerprint density at radius 1 is 1.39 bits per heavy atom. The highest BCUT2D eigenvalue weighted by Gasteiger charge is 2.33. The maximum atomic E-state index is 12.8. The van der Waals surface area contributed by atoms with Crippen molar-refractivity contribution in [2.24, 2.45) is 0 Å². The topological polar surface area (TPSA) is 45.8 Å². The van der Waals surface area contributed by atoms with Gasteiger partial charge in [0.15, 0.2) is 0 Å². The molecule has 1 aromatic carbocycles. The zero-order chi connectivity index (χ0) is 13.5. The van der Waals surface area contributed by atoms with Gasteiger partial charge in [-0.15, -0.1) is 0 Å². The van der Waals surface area contributed by atoms with Gasteiger partial charge in [0.05, 0.1) is 16.5 Å². The molecule has 0 aliphatic carbocycles. The quantitative estimate of drug-likeness (QED) is 0.850. The lowest BCUT2D eigenvalue weighted by Gasteiger charge is -2.11. The third kappa shape index (κ3) is 2.01. The summed E-state index contributed by atoms with van der Waals surface area (Å²) in [7, 11) is 0. The van der Waals surface area contributed by atoms with Crippen LogP contribution in [0, 0.1) is 6.92 Å². The highest BCUT2D eigenvalue weighted by atomic mass is 19.4. The fraction of sp³-hybridized carbons (Fsp3) is 0.167. The average molecular weight is 254 g/mol. The first-order chi connectivity index (χ1) is 8.32. The number of nitrogens with one attached hydrogen (secondary N) is 1. The Balaban J connectivity index is 2.90. The summed E-state index contributed by atoms with van der Waals surface area (Å²) in [5.74, 6) is 0.270. The zero-order valence-electron chi connectivity index (χ0n) is 9.43. The Morgan fingerprint density at radius 3 is 2.61 bits per heavy atom. The summed E-state index contributed by atoms with van der Waals surface area (Å²) in [4.78, 5) is 18.0. The van der Waals surface area contributed by atoms with Gasteiger partial charge in [-0.05, 0) is 24.6 Å². The Kier molecular flexibility index (Phi) is 2.73. The molecule has 1 aromatic heterocycles. The van der Waals surface area contributed by atoms with Crippen molar-refractivity contribution in [2.45, 2.75) is 13.1 Å². The standard InChI is InChI=1S/C12H9F3N2O/c1-3-7-4-8-10(5-9(7)12(13,14)15)16-6(2)17-11(8)18/h3-5H,1H2,2H3,(H,16,17,18). The number of hydrogen-bond acceptors (Lipinski definition) is 2. The Labute approximate surface area is 100.0 Å². The number of hydrogen-bond donors (Lipinski definition) is 1. The number of aromatic nitrogens is 2. The minimum absolute atomic E-state index is 0.0224. The molecule has 0 saturated heterocycles. The first-order valence-electron chi connectivity index (χ1n) is 5.07. The monoisotopic (exact) mass is 254 g/mol. The van der Waals surface area contributed by atoms with E-state index in [0.29, 0.717) is 0 Å². The van der Waals surface area contributed by atoms with Crippen molar-refractivity contribution in [1.29, 1.82) is 0 Å². The summed E-state index contributed by atoms with van der Waals surface area (Å²) in [5.41, 5.74) is -1.42. The highest BCUT2D eigenvalue weighted by molar-refractivity contribution is 5.82. The molecule has 2 aromatic rings. The number of rotatable bonds is 1. The molecule has 2 rings (SSSR count). The van der Waals surface area contributed by atoms with Crippen LogP contribution in [0.4, 0.5) is 13.2 Å². The number of halogens is 3. The molecule has 1 heterocycles. The van der Waals surface area contributed by atoms with Crippen LogP contribution in [-0.4, -0.2) is 9.97 Å². The normalized spacial score (nSPS) is 11.8. The third-order valence-electron chi connectivity index (χ3n) is 2.52. The predicted octanol–water partition coefficient (Wildman–Crippen LogP) is 2.89. The van der Waals surface area contributed by atoms with Crippen LogP contribution < -0.4 is 5.56 Å². The largest absolute Gasteiger partial charge is 0.417 e. The van der Waals surface area contributed by atoms with Gasteiger partial charge in [0, 0.05) is 0 Å². The van der Waals surface area contributed by atoms with Crippen LogP contribution in [0.5, 0.6) is 0 Å². The van der Waals surface area contributed by atoms with Crippen LogP contribution in [0.2, 0.25) is 0 Å². The van der Waals surface area contributed by atoms with E-state index in [1.165, 1.54) is 6.92 Å². The van der Waals surface area contributed by atoms with Gasteiger partial charge in [0.2, 0.25) is 0 Å². The Hall–Kier alpha value is -2.11. The van der Waals surface area contributed by atoms with Gasteiger partial charge < -0.3 is 4.98 Å². The van der Waals surface area contributed by atoms with E-state index in [1.54, 1.807) is 0 Å². The van der Waals surface area contributed by atoms with Crippen molar-refractivity contribution < 1.29 is 13.2 Å². The van der Waals surface area contributed by atoms with Gasteiger partial charge in [-0.2, -0.15) is 13.2 Å². The number of aromatic amines is 1. The van der Waals surface area contributed by atoms with Gasteiger partial charge in [0.25, 0.3) is 5.56 Å². The second-order valence-corrected chi connectivity index (χ2v) is 3.81. The molecule has 6 heteroatoms. The number of alkyl halides is 3. The van der Waals surface area contributed by atoms with Gasteiger partial charge >= 0.3 is 6.18 Å². The molecule has 0 spiro atoms. The summed E-state index contributed by atoms with van der Waals surface area (Å²) in [6.07, 6.45) is -3.43. The van der Waals surface area contributed by atoms with Crippen molar-refractivity contribution >= 4 is 17.0 Å². The molecule has 0 unspecified atom stereocenters. The van der Waals surface area contributed by atoms with Crippen molar-refractivity contribution in [1.82, 2.24) is 9.97 Å². The average Bonchev–Trinajstić information content (AvgIpc) is 2.26. The summed E-state index contributed by atoms with van der Waals surface area (Å²) in [5, 5.41) is 0.114. The van der Waals surface area contributed by atoms with Crippen molar-refractivity contribution in [2.75, 3.05) is 0 Å². The number of fused-ring (bicyclic) bond motifs is 1. The lowest BCUT2D eigenvalue weighted by Crippen LogP contribution is -2.13. The SMILES string of the molecule is C=Cc1cc2c(=O)[nH]c(C)nc2cc1C(F)(F)F. The fourth-order valence-corrected chi connectivity index (χ4v) is 1.73. The molecule has 1 N–H and O–H groups in total. The molecule has 18 heavy (non-hydrogen) atoms. The lowest BCUT2D eigenvalue weighted by atomic mass is 10.0. The number of benzene rings is 1. The summed E-state index contributed by atoms with van der Waals surface area (Å²) < 4.78 is 38.4. The van der Waals surface area contributed by atoms with Crippen molar-refractivity contribution in [3.8, 4) is 0 Å². The predicted molar refractivity (Wildman–Crippen MR) is 62.2 cm³/mol. The molecule has 0 bridgehead atoms. The molecule has 0 atom stereocenters. The smallest absolute Gasteiger partial charge is 0.310 e. The van der Waals surface area contributed by atoms with E-state index >= 15 is 0 Å². The highest BCUT2D eigenvalue weighted by Crippen LogP contribution is 2.34. The van der Waals surface area contributed by atoms with Crippen LogP contribution in [0.15, 0.2) is 23.5 Å². The molecular weight excluding hydrogens is 245 g/mol. The van der Waals surface area contributed by atoms with E-state index in [4.69, 9.17) is 0 Å². The molecule has 0 fully saturated rings. The Bertz CT molecular complexity index is 686. The van der Waals surface area contributed by atoms with Crippen LogP contribution in [-0.2, 0) is 6.18 Å². The minimum atomic E-state index is -4.50. The first-order valence-corrected chi connectivity index (χ1v) is 5.07. The first kappa shape index (κ1) is 12.3. The van der Waals surface area contributed by atoms with Gasteiger partial charge in [0.1, 0.15) is 5.82 Å². The third-order valence-corrected chi connectivity index (χ3v) is 2.52. The van der Waals surface area contributed by atoms with Crippen molar-refractivity contribution in [3.63, 3.8) is 0 Å². The number of aryl methyl sites for hydroxylation is 1. The molecule has 0 aliphatic heterocycles. The summed E-state index contributed by atoms with van der Waals surface area (Å²) in [6.45, 7) is 4.84. The number of nitrogens with zero attached hydrogens (tertiary/aromatic N) is 1. The van der Waals surface area contributed by atoms with Gasteiger partial charge in [-0.25, -0.2) is 4.98 Å². The summed E-state index contributed by atoms with van der Waals surface area (Å²) >= 11 is 0. The molecule has 94 valence electrons. The van der Waals surface area contributed by atoms with E-state index in [-0.39, 0.29) is 22.3 Å². The van der Waals surface area contributed by atoms with E-state index < -0.39 is 17.3 Å². The van der Waals surface area contributed by atoms with Crippen molar-refractivity contribution in [3.05, 3.63) is 46.0 Å². The van der Waals surface area contributed by atoms with Gasteiger partial charge in [-0.1, -0.05) is 12.7 Å². The fourth-order valence-electron chi connectivity index (χ4n) is 1.73. The van der Waals surface area contributed by atoms with E-state index in [9.17, 15) is 18.0 Å². The molecular formula is C12H9F3N2O. The maximum absolute atomic E-state index is 12.8. The molecule has 0 aliphatic rings. The lowest BCUT2D eigenvalue weighted by molar-refractivity contribution is -0.137. The van der Waals surface area contributed by atoms with Crippen LogP contribution in [0.1, 0.15) is 17.0 Å². The molecule has 0 amide bonds. The zero-order valence-corrected chi connectivity index (χ0v) is 9.43. The van der Waals surface area contributed by atoms with Crippen LogP contribution in [0.3, 0.4) is 0 Å². The van der Waals surface area contributed by atoms with Gasteiger partial charge in [-0.3, -0.25) is 4.79 Å². The Morgan fingerprint density at radius 2 is 2.06 bits per heavy atom. The maximum Gasteiger partial charge on any atom is 0.417 e. The molecule has 3 nitrogen and oxygen atoms in total. The molecule has 0 radical (unpaired) electrons. The number of H-pyrrole nitrogens is 1. The second kappa shape index (κ2) is 3.97. The van der Waals surface area contributed by atoms with E-state index in [1.807, 2.05) is 0 Å². The van der Waals surface area contributed by atoms with Crippen LogP contribution in [0.25, 0.3) is 17.0 Å².